The Morgan fingerprint density at radius 1 is 0.419 bits per heavy atom. The zero-order valence-electron chi connectivity index (χ0n) is 17.9. The van der Waals surface area contributed by atoms with E-state index in [2.05, 4.69) is 121 Å². The lowest BCUT2D eigenvalue weighted by atomic mass is 9.91. The number of hydrogen-bond acceptors (Lipinski definition) is 1. The van der Waals surface area contributed by atoms with Gasteiger partial charge in [0, 0.05) is 11.8 Å². The highest BCUT2D eigenvalue weighted by atomic mass is 16.5. The second-order valence-electron chi connectivity index (χ2n) is 8.13. The summed E-state index contributed by atoms with van der Waals surface area (Å²) in [6.07, 6.45) is 1.97. The molecule has 156 valence electrons. The minimum absolute atomic E-state index is 0.344. The van der Waals surface area contributed by atoms with Crippen LogP contribution in [0.4, 0.5) is 0 Å². The monoisotopic (exact) mass is 406 g/mol. The predicted molar refractivity (Wildman–Crippen MR) is 129 cm³/mol. The third-order valence-electron chi connectivity index (χ3n) is 5.83. The standard InChI is InChI=1S/C30H30O/c1-5-13-25(14-6-1)21-29(27-17-9-3-10-18-27)23-31-24-30(28-19-11-4-12-20-28)22-26-15-7-2-8-16-26/h1-20,29-30H,21-24H2. The largest absolute Gasteiger partial charge is 0.380 e. The fraction of sp³-hybridized carbons (Fsp3) is 0.200. The van der Waals surface area contributed by atoms with Gasteiger partial charge in [0.2, 0.25) is 0 Å². The summed E-state index contributed by atoms with van der Waals surface area (Å²) in [5, 5.41) is 0. The van der Waals surface area contributed by atoms with Crippen molar-refractivity contribution in [2.45, 2.75) is 24.7 Å². The molecule has 0 fully saturated rings. The summed E-state index contributed by atoms with van der Waals surface area (Å²) in [5.41, 5.74) is 5.38. The smallest absolute Gasteiger partial charge is 0.0538 e. The first-order valence-electron chi connectivity index (χ1n) is 11.1. The van der Waals surface area contributed by atoms with Gasteiger partial charge in [-0.1, -0.05) is 121 Å². The SMILES string of the molecule is c1ccc(CC(COCC(Cc2ccccc2)c2ccccc2)c2ccccc2)cc1. The molecule has 0 aliphatic carbocycles. The van der Waals surface area contributed by atoms with Crippen molar-refractivity contribution < 1.29 is 4.74 Å². The molecule has 1 heteroatoms. The van der Waals surface area contributed by atoms with Crippen LogP contribution in [0.25, 0.3) is 0 Å². The minimum atomic E-state index is 0.344. The van der Waals surface area contributed by atoms with Gasteiger partial charge in [0.25, 0.3) is 0 Å². The summed E-state index contributed by atoms with van der Waals surface area (Å²) >= 11 is 0. The summed E-state index contributed by atoms with van der Waals surface area (Å²) in [7, 11) is 0. The first-order chi connectivity index (χ1) is 15.4. The average Bonchev–Trinajstić information content (AvgIpc) is 2.85. The van der Waals surface area contributed by atoms with Crippen LogP contribution in [0, 0.1) is 0 Å². The van der Waals surface area contributed by atoms with E-state index >= 15 is 0 Å². The molecule has 4 aromatic rings. The Morgan fingerprint density at radius 2 is 0.742 bits per heavy atom. The van der Waals surface area contributed by atoms with E-state index in [-0.39, 0.29) is 0 Å². The van der Waals surface area contributed by atoms with E-state index in [1.807, 2.05) is 0 Å². The maximum Gasteiger partial charge on any atom is 0.0538 e. The molecule has 4 rings (SSSR count). The van der Waals surface area contributed by atoms with E-state index in [1.165, 1.54) is 22.3 Å². The zero-order valence-corrected chi connectivity index (χ0v) is 17.9. The highest BCUT2D eigenvalue weighted by Crippen LogP contribution is 2.25. The fourth-order valence-corrected chi connectivity index (χ4v) is 4.15. The summed E-state index contributed by atoms with van der Waals surface area (Å²) in [6, 6.07) is 42.9. The number of benzene rings is 4. The molecule has 0 aliphatic rings. The lowest BCUT2D eigenvalue weighted by Crippen LogP contribution is -2.16. The van der Waals surface area contributed by atoms with Crippen LogP contribution in [0.15, 0.2) is 121 Å². The highest BCUT2D eigenvalue weighted by molar-refractivity contribution is 5.26. The Hall–Kier alpha value is -3.16. The Bertz CT molecular complexity index is 912. The van der Waals surface area contributed by atoms with Crippen LogP contribution in [-0.4, -0.2) is 13.2 Å². The van der Waals surface area contributed by atoms with Gasteiger partial charge in [-0.3, -0.25) is 0 Å². The van der Waals surface area contributed by atoms with Crippen LogP contribution in [-0.2, 0) is 17.6 Å². The van der Waals surface area contributed by atoms with Crippen LogP contribution in [0.1, 0.15) is 34.1 Å². The molecule has 0 heterocycles. The summed E-state index contributed by atoms with van der Waals surface area (Å²) in [4.78, 5) is 0. The van der Waals surface area contributed by atoms with Crippen LogP contribution >= 0.6 is 0 Å². The van der Waals surface area contributed by atoms with Crippen molar-refractivity contribution in [1.29, 1.82) is 0 Å². The third-order valence-corrected chi connectivity index (χ3v) is 5.83. The lowest BCUT2D eigenvalue weighted by Gasteiger charge is -2.22. The molecule has 0 aliphatic heterocycles. The van der Waals surface area contributed by atoms with E-state index in [9.17, 15) is 0 Å². The second kappa shape index (κ2) is 11.3. The Balaban J connectivity index is 1.45. The van der Waals surface area contributed by atoms with Gasteiger partial charge in [-0.05, 0) is 35.1 Å². The second-order valence-corrected chi connectivity index (χ2v) is 8.13. The molecule has 0 saturated carbocycles. The molecule has 2 unspecified atom stereocenters. The number of ether oxygens (including phenoxy) is 1. The maximum absolute atomic E-state index is 6.41. The molecule has 0 aromatic heterocycles. The molecular weight excluding hydrogens is 376 g/mol. The number of hydrogen-bond donors (Lipinski definition) is 0. The first-order valence-corrected chi connectivity index (χ1v) is 11.1. The Kier molecular flexibility index (Phi) is 7.68. The van der Waals surface area contributed by atoms with Crippen molar-refractivity contribution in [3.63, 3.8) is 0 Å². The molecule has 0 amide bonds. The normalized spacial score (nSPS) is 12.9. The average molecular weight is 407 g/mol. The topological polar surface area (TPSA) is 9.23 Å². The highest BCUT2D eigenvalue weighted by Gasteiger charge is 2.16. The van der Waals surface area contributed by atoms with Crippen molar-refractivity contribution in [2.75, 3.05) is 13.2 Å². The first kappa shape index (κ1) is 21.1. The van der Waals surface area contributed by atoms with Crippen LogP contribution < -0.4 is 0 Å². The molecule has 0 radical (unpaired) electrons. The fourth-order valence-electron chi connectivity index (χ4n) is 4.15. The van der Waals surface area contributed by atoms with Crippen LogP contribution in [0.2, 0.25) is 0 Å². The van der Waals surface area contributed by atoms with Gasteiger partial charge >= 0.3 is 0 Å². The van der Waals surface area contributed by atoms with Gasteiger partial charge in [0.05, 0.1) is 13.2 Å². The lowest BCUT2D eigenvalue weighted by molar-refractivity contribution is 0.106. The molecule has 2 atom stereocenters. The van der Waals surface area contributed by atoms with Crippen molar-refractivity contribution in [3.8, 4) is 0 Å². The number of rotatable bonds is 10. The Labute approximate surface area is 186 Å². The summed E-state index contributed by atoms with van der Waals surface area (Å²) < 4.78 is 6.41. The maximum atomic E-state index is 6.41. The van der Waals surface area contributed by atoms with Crippen molar-refractivity contribution in [2.24, 2.45) is 0 Å². The minimum Gasteiger partial charge on any atom is -0.380 e. The van der Waals surface area contributed by atoms with Crippen molar-refractivity contribution in [1.82, 2.24) is 0 Å². The van der Waals surface area contributed by atoms with Gasteiger partial charge in [0.15, 0.2) is 0 Å². The molecule has 0 bridgehead atoms. The molecule has 1 nitrogen and oxygen atoms in total. The van der Waals surface area contributed by atoms with E-state index in [4.69, 9.17) is 4.74 Å². The van der Waals surface area contributed by atoms with Crippen molar-refractivity contribution in [3.05, 3.63) is 144 Å². The van der Waals surface area contributed by atoms with E-state index in [0.717, 1.165) is 26.1 Å². The van der Waals surface area contributed by atoms with E-state index in [1.54, 1.807) is 0 Å². The van der Waals surface area contributed by atoms with Gasteiger partial charge in [-0.25, -0.2) is 0 Å². The Morgan fingerprint density at radius 3 is 1.10 bits per heavy atom. The molecule has 0 N–H and O–H groups in total. The van der Waals surface area contributed by atoms with Crippen LogP contribution in [0.5, 0.6) is 0 Å². The quantitative estimate of drug-likeness (QED) is 0.274. The van der Waals surface area contributed by atoms with Gasteiger partial charge in [0.1, 0.15) is 0 Å². The van der Waals surface area contributed by atoms with Gasteiger partial charge in [-0.2, -0.15) is 0 Å². The van der Waals surface area contributed by atoms with Gasteiger partial charge < -0.3 is 4.74 Å². The van der Waals surface area contributed by atoms with Gasteiger partial charge in [-0.15, -0.1) is 0 Å². The zero-order chi connectivity index (χ0) is 21.1. The molecule has 31 heavy (non-hydrogen) atoms. The van der Waals surface area contributed by atoms with Crippen molar-refractivity contribution >= 4 is 0 Å². The molecule has 4 aromatic carbocycles. The van der Waals surface area contributed by atoms with Crippen LogP contribution in [0.3, 0.4) is 0 Å². The molecule has 0 spiro atoms. The van der Waals surface area contributed by atoms with E-state index in [0.29, 0.717) is 11.8 Å². The van der Waals surface area contributed by atoms with E-state index < -0.39 is 0 Å². The summed E-state index contributed by atoms with van der Waals surface area (Å²) in [6.45, 7) is 1.44. The third kappa shape index (κ3) is 6.41. The summed E-state index contributed by atoms with van der Waals surface area (Å²) in [5.74, 6) is 0.688. The molecule has 0 saturated heterocycles. The molecular formula is C30H30O. The predicted octanol–water partition coefficient (Wildman–Crippen LogP) is 7.06.